The van der Waals surface area contributed by atoms with Gasteiger partial charge in [0.2, 0.25) is 0 Å². The van der Waals surface area contributed by atoms with E-state index in [9.17, 15) is 0 Å². The molecule has 1 aromatic heterocycles. The minimum atomic E-state index is 0.0876. The average Bonchev–Trinajstić information content (AvgIpc) is 2.98. The zero-order valence-corrected chi connectivity index (χ0v) is 14.3. The summed E-state index contributed by atoms with van der Waals surface area (Å²) in [6.07, 6.45) is 0. The largest absolute Gasteiger partial charge is 0.486 e. The minimum Gasteiger partial charge on any atom is -0.486 e. The van der Waals surface area contributed by atoms with Gasteiger partial charge in [0.25, 0.3) is 0 Å². The van der Waals surface area contributed by atoms with E-state index in [4.69, 9.17) is 4.74 Å². The van der Waals surface area contributed by atoms with Crippen molar-refractivity contribution in [1.82, 2.24) is 15.0 Å². The third kappa shape index (κ3) is 2.58. The third-order valence-corrected chi connectivity index (χ3v) is 4.45. The van der Waals surface area contributed by atoms with Gasteiger partial charge in [0.15, 0.2) is 0 Å². The SMILES string of the molecule is CC(C)(C)c1ccc2c(c1)-c1c(nnn1Cc1ccccc1)CO2. The summed E-state index contributed by atoms with van der Waals surface area (Å²) in [7, 11) is 0. The van der Waals surface area contributed by atoms with Crippen molar-refractivity contribution in [2.45, 2.75) is 39.3 Å². The molecule has 0 saturated heterocycles. The van der Waals surface area contributed by atoms with Gasteiger partial charge in [0.1, 0.15) is 18.1 Å². The van der Waals surface area contributed by atoms with Crippen molar-refractivity contribution in [2.24, 2.45) is 0 Å². The van der Waals surface area contributed by atoms with Gasteiger partial charge < -0.3 is 4.74 Å². The molecule has 0 bridgehead atoms. The van der Waals surface area contributed by atoms with Crippen LogP contribution in [0.5, 0.6) is 5.75 Å². The fourth-order valence-electron chi connectivity index (χ4n) is 3.06. The zero-order chi connectivity index (χ0) is 16.7. The second-order valence-corrected chi connectivity index (χ2v) is 7.28. The number of nitrogens with zero attached hydrogens (tertiary/aromatic N) is 3. The number of fused-ring (bicyclic) bond motifs is 3. The van der Waals surface area contributed by atoms with Crippen molar-refractivity contribution in [2.75, 3.05) is 0 Å². The van der Waals surface area contributed by atoms with Crippen molar-refractivity contribution < 1.29 is 4.74 Å². The van der Waals surface area contributed by atoms with Gasteiger partial charge in [-0.3, -0.25) is 0 Å². The molecule has 0 unspecified atom stereocenters. The molecule has 3 aromatic rings. The Morgan fingerprint density at radius 3 is 2.62 bits per heavy atom. The summed E-state index contributed by atoms with van der Waals surface area (Å²) in [6, 6.07) is 16.8. The van der Waals surface area contributed by atoms with Gasteiger partial charge in [-0.2, -0.15) is 0 Å². The fourth-order valence-corrected chi connectivity index (χ4v) is 3.06. The molecule has 1 aliphatic rings. The van der Waals surface area contributed by atoms with Gasteiger partial charge in [-0.1, -0.05) is 62.4 Å². The van der Waals surface area contributed by atoms with Crippen LogP contribution >= 0.6 is 0 Å². The highest BCUT2D eigenvalue weighted by Gasteiger charge is 2.26. The standard InChI is InChI=1S/C20H21N3O/c1-20(2,3)15-9-10-18-16(11-15)19-17(13-24-18)21-22-23(19)12-14-7-5-4-6-8-14/h4-11H,12-13H2,1-3H3. The van der Waals surface area contributed by atoms with Crippen molar-refractivity contribution in [3.8, 4) is 17.0 Å². The Morgan fingerprint density at radius 1 is 1.08 bits per heavy atom. The molecule has 0 aliphatic carbocycles. The number of benzene rings is 2. The lowest BCUT2D eigenvalue weighted by Gasteiger charge is -2.24. The van der Waals surface area contributed by atoms with E-state index < -0.39 is 0 Å². The second-order valence-electron chi connectivity index (χ2n) is 7.28. The number of hydrogen-bond acceptors (Lipinski definition) is 3. The molecule has 0 amide bonds. The molecule has 0 N–H and O–H groups in total. The van der Waals surface area contributed by atoms with Crippen LogP contribution in [-0.2, 0) is 18.6 Å². The first-order chi connectivity index (χ1) is 11.5. The first-order valence-electron chi connectivity index (χ1n) is 8.26. The van der Waals surface area contributed by atoms with E-state index >= 15 is 0 Å². The Morgan fingerprint density at radius 2 is 1.88 bits per heavy atom. The van der Waals surface area contributed by atoms with Gasteiger partial charge in [0.05, 0.1) is 12.2 Å². The van der Waals surface area contributed by atoms with E-state index in [-0.39, 0.29) is 5.41 Å². The van der Waals surface area contributed by atoms with Gasteiger partial charge in [-0.15, -0.1) is 5.10 Å². The number of hydrogen-bond donors (Lipinski definition) is 0. The van der Waals surface area contributed by atoms with Crippen LogP contribution in [0.1, 0.15) is 37.6 Å². The molecule has 4 heteroatoms. The molecule has 1 aliphatic heterocycles. The van der Waals surface area contributed by atoms with Crippen LogP contribution in [0.4, 0.5) is 0 Å². The minimum absolute atomic E-state index is 0.0876. The van der Waals surface area contributed by atoms with Crippen molar-refractivity contribution >= 4 is 0 Å². The summed E-state index contributed by atoms with van der Waals surface area (Å²) in [5, 5.41) is 8.70. The molecule has 24 heavy (non-hydrogen) atoms. The molecule has 0 saturated carbocycles. The normalized spacial score (nSPS) is 13.1. The zero-order valence-electron chi connectivity index (χ0n) is 14.3. The summed E-state index contributed by atoms with van der Waals surface area (Å²) in [5.74, 6) is 0.909. The predicted octanol–water partition coefficient (Wildman–Crippen LogP) is 4.18. The highest BCUT2D eigenvalue weighted by molar-refractivity contribution is 5.72. The first kappa shape index (κ1) is 14.9. The molecule has 122 valence electrons. The second kappa shape index (κ2) is 5.48. The Kier molecular flexibility index (Phi) is 3.41. The molecule has 0 spiro atoms. The summed E-state index contributed by atoms with van der Waals surface area (Å²) >= 11 is 0. The molecule has 4 rings (SSSR count). The van der Waals surface area contributed by atoms with Crippen molar-refractivity contribution in [3.05, 3.63) is 65.4 Å². The van der Waals surface area contributed by atoms with Crippen LogP contribution in [0.2, 0.25) is 0 Å². The topological polar surface area (TPSA) is 39.9 Å². The average molecular weight is 319 g/mol. The Hall–Kier alpha value is -2.62. The highest BCUT2D eigenvalue weighted by Crippen LogP contribution is 2.39. The third-order valence-electron chi connectivity index (χ3n) is 4.45. The maximum absolute atomic E-state index is 5.87. The fraction of sp³-hybridized carbons (Fsp3) is 0.300. The van der Waals surface area contributed by atoms with E-state index in [0.29, 0.717) is 13.2 Å². The van der Waals surface area contributed by atoms with Crippen LogP contribution in [0.25, 0.3) is 11.3 Å². The van der Waals surface area contributed by atoms with Crippen LogP contribution in [0, 0.1) is 0 Å². The molecule has 2 aromatic carbocycles. The molecular weight excluding hydrogens is 298 g/mol. The maximum atomic E-state index is 5.87. The van der Waals surface area contributed by atoms with E-state index in [1.807, 2.05) is 22.9 Å². The summed E-state index contributed by atoms with van der Waals surface area (Å²) in [4.78, 5) is 0. The van der Waals surface area contributed by atoms with E-state index in [1.54, 1.807) is 0 Å². The predicted molar refractivity (Wildman–Crippen MR) is 94.0 cm³/mol. The number of aromatic nitrogens is 3. The maximum Gasteiger partial charge on any atom is 0.134 e. The van der Waals surface area contributed by atoms with E-state index in [2.05, 4.69) is 61.4 Å². The van der Waals surface area contributed by atoms with Crippen molar-refractivity contribution in [3.63, 3.8) is 0 Å². The van der Waals surface area contributed by atoms with Gasteiger partial charge in [-0.05, 0) is 28.7 Å². The first-order valence-corrected chi connectivity index (χ1v) is 8.26. The quantitative estimate of drug-likeness (QED) is 0.711. The number of ether oxygens (including phenoxy) is 1. The van der Waals surface area contributed by atoms with Crippen LogP contribution in [-0.4, -0.2) is 15.0 Å². The van der Waals surface area contributed by atoms with Gasteiger partial charge >= 0.3 is 0 Å². The monoisotopic (exact) mass is 319 g/mol. The summed E-state index contributed by atoms with van der Waals surface area (Å²) < 4.78 is 7.85. The highest BCUT2D eigenvalue weighted by atomic mass is 16.5. The lowest BCUT2D eigenvalue weighted by Crippen LogP contribution is -2.14. The van der Waals surface area contributed by atoms with Crippen LogP contribution < -0.4 is 4.74 Å². The smallest absolute Gasteiger partial charge is 0.134 e. The molecule has 2 heterocycles. The summed E-state index contributed by atoms with van der Waals surface area (Å²) in [5.41, 5.74) is 5.65. The number of rotatable bonds is 2. The Labute approximate surface area is 142 Å². The van der Waals surface area contributed by atoms with Crippen LogP contribution in [0.15, 0.2) is 48.5 Å². The Bertz CT molecular complexity index is 876. The molecular formula is C20H21N3O. The van der Waals surface area contributed by atoms with Crippen LogP contribution in [0.3, 0.4) is 0 Å². The molecule has 0 atom stereocenters. The molecule has 0 radical (unpaired) electrons. The van der Waals surface area contributed by atoms with E-state index in [0.717, 1.165) is 22.7 Å². The van der Waals surface area contributed by atoms with E-state index in [1.165, 1.54) is 11.1 Å². The van der Waals surface area contributed by atoms with Gasteiger partial charge in [0, 0.05) is 5.56 Å². The molecule has 4 nitrogen and oxygen atoms in total. The van der Waals surface area contributed by atoms with Crippen molar-refractivity contribution in [1.29, 1.82) is 0 Å². The molecule has 0 fully saturated rings. The summed E-state index contributed by atoms with van der Waals surface area (Å²) in [6.45, 7) is 7.85. The lowest BCUT2D eigenvalue weighted by atomic mass is 9.85. The Balaban J connectivity index is 1.81. The van der Waals surface area contributed by atoms with Gasteiger partial charge in [-0.25, -0.2) is 4.68 Å². The lowest BCUT2D eigenvalue weighted by molar-refractivity contribution is 0.297.